The molecule has 1 aromatic heterocycles. The Bertz CT molecular complexity index is 1150. The third-order valence-corrected chi connectivity index (χ3v) is 6.58. The molecule has 4 rings (SSSR count). The number of carbonyl (C=O) groups excluding carboxylic acids is 1. The molecule has 0 saturated carbocycles. The van der Waals surface area contributed by atoms with Crippen LogP contribution in [-0.4, -0.2) is 56.6 Å². The highest BCUT2D eigenvalue weighted by atomic mass is 35.5. The highest BCUT2D eigenvalue weighted by molar-refractivity contribution is 6.30. The predicted octanol–water partition coefficient (Wildman–Crippen LogP) is 4.23. The lowest BCUT2D eigenvalue weighted by molar-refractivity contribution is 0.0697. The minimum atomic E-state index is -1.04. The summed E-state index contributed by atoms with van der Waals surface area (Å²) in [5.74, 6) is -1.05. The molecule has 0 unspecified atom stereocenters. The number of nitrogens with zero attached hydrogens (tertiary/aromatic N) is 3. The first kappa shape index (κ1) is 23.3. The fourth-order valence-corrected chi connectivity index (χ4v) is 4.58. The monoisotopic (exact) mass is 468 g/mol. The van der Waals surface area contributed by atoms with Gasteiger partial charge in [0.15, 0.2) is 5.82 Å². The third-order valence-electron chi connectivity index (χ3n) is 6.33. The number of aromatic nitrogens is 2. The van der Waals surface area contributed by atoms with Crippen LogP contribution in [0.15, 0.2) is 42.5 Å². The molecule has 0 radical (unpaired) electrons. The summed E-state index contributed by atoms with van der Waals surface area (Å²) in [6.07, 6.45) is 2.38. The highest BCUT2D eigenvalue weighted by Crippen LogP contribution is 2.23. The summed E-state index contributed by atoms with van der Waals surface area (Å²) in [6.45, 7) is 6.68. The Morgan fingerprint density at radius 1 is 1.15 bits per heavy atom. The number of aromatic carboxylic acids is 1. The molecule has 7 nitrogen and oxygen atoms in total. The smallest absolute Gasteiger partial charge is 0.337 e. The number of rotatable bonds is 7. The van der Waals surface area contributed by atoms with Crippen LogP contribution in [0.25, 0.3) is 11.0 Å². The van der Waals surface area contributed by atoms with E-state index in [1.807, 2.05) is 24.3 Å². The lowest BCUT2D eigenvalue weighted by Gasteiger charge is -2.34. The number of imidazole rings is 1. The van der Waals surface area contributed by atoms with E-state index in [1.165, 1.54) is 0 Å². The Morgan fingerprint density at radius 3 is 2.48 bits per heavy atom. The molecule has 8 heteroatoms. The van der Waals surface area contributed by atoms with Gasteiger partial charge in [0.1, 0.15) is 0 Å². The van der Waals surface area contributed by atoms with Crippen LogP contribution in [0.5, 0.6) is 0 Å². The lowest BCUT2D eigenvalue weighted by atomic mass is 10.0. The summed E-state index contributed by atoms with van der Waals surface area (Å²) < 4.78 is 1.74. The van der Waals surface area contributed by atoms with Crippen molar-refractivity contribution in [3.8, 4) is 0 Å². The fraction of sp³-hybridized carbons (Fsp3) is 0.400. The number of fused-ring (bicyclic) bond motifs is 1. The number of carbonyl (C=O) groups is 2. The van der Waals surface area contributed by atoms with Crippen LogP contribution in [-0.2, 0) is 13.0 Å². The van der Waals surface area contributed by atoms with Gasteiger partial charge in [-0.3, -0.25) is 4.79 Å². The van der Waals surface area contributed by atoms with E-state index in [9.17, 15) is 14.7 Å². The molecule has 3 aromatic rings. The maximum atomic E-state index is 13.3. The number of carboxylic acid groups (broad SMARTS) is 1. The van der Waals surface area contributed by atoms with E-state index in [2.05, 4.69) is 29.0 Å². The molecule has 1 fully saturated rings. The SMILES string of the molecule is CC(C)N1CCC(NC(=O)c2nc3cccc(C(=O)O)c3n2CCc2ccc(Cl)cc2)CC1. The molecular weight excluding hydrogens is 440 g/mol. The van der Waals surface area contributed by atoms with E-state index in [-0.39, 0.29) is 23.3 Å². The zero-order valence-electron chi connectivity index (χ0n) is 18.9. The average molecular weight is 469 g/mol. The normalized spacial score (nSPS) is 15.3. The molecule has 2 heterocycles. The number of para-hydroxylation sites is 1. The van der Waals surface area contributed by atoms with Crippen LogP contribution >= 0.6 is 11.6 Å². The Balaban J connectivity index is 1.61. The van der Waals surface area contributed by atoms with E-state index in [0.29, 0.717) is 35.1 Å². The van der Waals surface area contributed by atoms with Crippen LogP contribution in [0.2, 0.25) is 5.02 Å². The second-order valence-electron chi connectivity index (χ2n) is 8.82. The Hall–Kier alpha value is -2.90. The molecule has 0 spiro atoms. The molecule has 2 aromatic carbocycles. The maximum absolute atomic E-state index is 13.3. The number of hydrogen-bond donors (Lipinski definition) is 2. The van der Waals surface area contributed by atoms with Gasteiger partial charge in [-0.1, -0.05) is 29.8 Å². The van der Waals surface area contributed by atoms with Gasteiger partial charge < -0.3 is 19.9 Å². The van der Waals surface area contributed by atoms with E-state index >= 15 is 0 Å². The fourth-order valence-electron chi connectivity index (χ4n) is 4.45. The Kier molecular flexibility index (Phi) is 7.00. The second kappa shape index (κ2) is 9.93. The third kappa shape index (κ3) is 5.20. The van der Waals surface area contributed by atoms with Gasteiger partial charge in [-0.15, -0.1) is 0 Å². The first-order valence-electron chi connectivity index (χ1n) is 11.4. The highest BCUT2D eigenvalue weighted by Gasteiger charge is 2.26. The molecule has 1 aliphatic heterocycles. The average Bonchev–Trinajstić information content (AvgIpc) is 3.18. The predicted molar refractivity (Wildman–Crippen MR) is 129 cm³/mol. The molecule has 33 heavy (non-hydrogen) atoms. The minimum Gasteiger partial charge on any atom is -0.478 e. The van der Waals surface area contributed by atoms with E-state index in [1.54, 1.807) is 22.8 Å². The molecule has 1 amide bonds. The second-order valence-corrected chi connectivity index (χ2v) is 9.26. The lowest BCUT2D eigenvalue weighted by Crippen LogP contribution is -2.47. The summed E-state index contributed by atoms with van der Waals surface area (Å²) in [6, 6.07) is 13.0. The number of likely N-dealkylation sites (tertiary alicyclic amines) is 1. The zero-order chi connectivity index (χ0) is 23.5. The van der Waals surface area contributed by atoms with Crippen LogP contribution < -0.4 is 5.32 Å². The topological polar surface area (TPSA) is 87.5 Å². The van der Waals surface area contributed by atoms with E-state index < -0.39 is 5.97 Å². The van der Waals surface area contributed by atoms with Crippen molar-refractivity contribution in [3.05, 3.63) is 64.4 Å². The molecule has 0 atom stereocenters. The standard InChI is InChI=1S/C25H29ClN4O3/c1-16(2)29-13-11-19(12-14-29)27-24(31)23-28-21-5-3-4-20(25(32)33)22(21)30(23)15-10-17-6-8-18(26)9-7-17/h3-9,16,19H,10-15H2,1-2H3,(H,27,31)(H,32,33). The van der Waals surface area contributed by atoms with Gasteiger partial charge in [-0.2, -0.15) is 0 Å². The molecule has 1 aliphatic rings. The van der Waals surface area contributed by atoms with Crippen molar-refractivity contribution >= 4 is 34.5 Å². The summed E-state index contributed by atoms with van der Waals surface area (Å²) in [5, 5.41) is 13.5. The number of carboxylic acids is 1. The van der Waals surface area contributed by atoms with E-state index in [0.717, 1.165) is 31.5 Å². The molecule has 2 N–H and O–H groups in total. The van der Waals surface area contributed by atoms with Gasteiger partial charge in [-0.25, -0.2) is 9.78 Å². The number of aryl methyl sites for hydroxylation is 2. The van der Waals surface area contributed by atoms with Crippen molar-refractivity contribution in [1.29, 1.82) is 0 Å². The van der Waals surface area contributed by atoms with Crippen molar-refractivity contribution in [2.24, 2.45) is 0 Å². The van der Waals surface area contributed by atoms with Gasteiger partial charge in [0.25, 0.3) is 5.91 Å². The number of piperidine rings is 1. The van der Waals surface area contributed by atoms with E-state index in [4.69, 9.17) is 11.6 Å². The molecule has 0 aliphatic carbocycles. The van der Waals surface area contributed by atoms with Crippen molar-refractivity contribution in [2.45, 2.75) is 51.7 Å². The summed E-state index contributed by atoms with van der Waals surface area (Å²) in [5.41, 5.74) is 2.16. The van der Waals surface area contributed by atoms with Crippen LogP contribution in [0, 0.1) is 0 Å². The number of benzene rings is 2. The molecule has 0 bridgehead atoms. The number of hydrogen-bond acceptors (Lipinski definition) is 4. The van der Waals surface area contributed by atoms with Crippen LogP contribution in [0.3, 0.4) is 0 Å². The first-order chi connectivity index (χ1) is 15.8. The summed E-state index contributed by atoms with van der Waals surface area (Å²) in [4.78, 5) is 32.1. The maximum Gasteiger partial charge on any atom is 0.337 e. The van der Waals surface area contributed by atoms with Crippen LogP contribution in [0.4, 0.5) is 0 Å². The minimum absolute atomic E-state index is 0.0796. The van der Waals surface area contributed by atoms with Crippen molar-refractivity contribution in [3.63, 3.8) is 0 Å². The number of halogens is 1. The van der Waals surface area contributed by atoms with Gasteiger partial charge >= 0.3 is 5.97 Å². The van der Waals surface area contributed by atoms with Crippen molar-refractivity contribution in [1.82, 2.24) is 19.8 Å². The first-order valence-corrected chi connectivity index (χ1v) is 11.7. The number of nitrogens with one attached hydrogen (secondary N) is 1. The zero-order valence-corrected chi connectivity index (χ0v) is 19.7. The Morgan fingerprint density at radius 2 is 1.85 bits per heavy atom. The molecule has 174 valence electrons. The van der Waals surface area contributed by atoms with Gasteiger partial charge in [0.05, 0.1) is 16.6 Å². The summed E-state index contributed by atoms with van der Waals surface area (Å²) in [7, 11) is 0. The Labute approximate surface area is 198 Å². The largest absolute Gasteiger partial charge is 0.478 e. The van der Waals surface area contributed by atoms with Gasteiger partial charge in [0, 0.05) is 36.7 Å². The number of amides is 1. The van der Waals surface area contributed by atoms with Crippen molar-refractivity contribution in [2.75, 3.05) is 13.1 Å². The van der Waals surface area contributed by atoms with Gasteiger partial charge in [0.2, 0.25) is 0 Å². The van der Waals surface area contributed by atoms with Crippen molar-refractivity contribution < 1.29 is 14.7 Å². The molecular formula is C25H29ClN4O3. The van der Waals surface area contributed by atoms with Crippen LogP contribution in [0.1, 0.15) is 53.2 Å². The summed E-state index contributed by atoms with van der Waals surface area (Å²) >= 11 is 5.99. The quantitative estimate of drug-likeness (QED) is 0.541. The molecule has 1 saturated heterocycles. The van der Waals surface area contributed by atoms with Gasteiger partial charge in [-0.05, 0) is 62.9 Å².